The number of benzene rings is 2. The molecule has 0 radical (unpaired) electrons. The van der Waals surface area contributed by atoms with Crippen molar-refractivity contribution in [1.82, 2.24) is 0 Å². The maximum atomic E-state index is 14.3. The first-order chi connectivity index (χ1) is 13.4. The molecule has 26 heavy (non-hydrogen) atoms. The predicted molar refractivity (Wildman–Crippen MR) is 91.6 cm³/mol. The molecule has 3 rings (SSSR count). The maximum Gasteiger partial charge on any atom is 0.313 e. The fraction of sp³-hybridized carbons (Fsp3) is 0.118. The molecular weight excluding hydrogens is 385 g/mol. The first kappa shape index (κ1) is 14.6. The van der Waals surface area contributed by atoms with Crippen LogP contribution in [0.25, 0.3) is 0 Å². The number of nitrogens with two attached hydrogens (primary N) is 1. The van der Waals surface area contributed by atoms with Crippen molar-refractivity contribution in [3.05, 3.63) is 82.1 Å². The van der Waals surface area contributed by atoms with E-state index in [1.807, 2.05) is 0 Å². The molecule has 0 spiro atoms. The summed E-state index contributed by atoms with van der Waals surface area (Å²) < 4.78 is 72.9. The van der Waals surface area contributed by atoms with E-state index in [4.69, 9.17) is 26.2 Å². The normalized spacial score (nSPS) is 22.4. The van der Waals surface area contributed by atoms with E-state index in [0.717, 1.165) is 6.07 Å². The standard InChI is InChI=1S/C17H13ClFNO5S/c18-12-8-4-7-11(13(12)19)15-14(21)16(17(20)24-15)25-26(22,23)9-10-5-2-1-3-6-10/h1-8,15H,9,20H2/t15-/m0/s1/i9D2,15D. The molecule has 1 heterocycles. The molecule has 1 aliphatic heterocycles. The van der Waals surface area contributed by atoms with Crippen molar-refractivity contribution in [1.29, 1.82) is 0 Å². The third kappa shape index (κ3) is 3.66. The summed E-state index contributed by atoms with van der Waals surface area (Å²) in [6.07, 6.45) is -2.79. The van der Waals surface area contributed by atoms with Gasteiger partial charge in [0.2, 0.25) is 17.4 Å². The summed E-state index contributed by atoms with van der Waals surface area (Å²) in [7, 11) is -5.12. The van der Waals surface area contributed by atoms with E-state index in [-0.39, 0.29) is 5.56 Å². The zero-order chi connectivity index (χ0) is 21.6. The molecule has 0 saturated carbocycles. The fourth-order valence-corrected chi connectivity index (χ4v) is 3.15. The van der Waals surface area contributed by atoms with Crippen LogP contribution in [0.1, 0.15) is 21.3 Å². The number of Topliss-reactive ketones (excluding diaryl/α,β-unsaturated/α-hetero) is 1. The number of hydrogen-bond acceptors (Lipinski definition) is 6. The Morgan fingerprint density at radius 2 is 1.96 bits per heavy atom. The number of ether oxygens (including phenoxy) is 1. The van der Waals surface area contributed by atoms with Gasteiger partial charge < -0.3 is 14.7 Å². The van der Waals surface area contributed by atoms with Gasteiger partial charge in [0.1, 0.15) is 11.5 Å². The summed E-state index contributed by atoms with van der Waals surface area (Å²) in [4.78, 5) is 12.7. The molecule has 136 valence electrons. The molecule has 0 bridgehead atoms. The second-order valence-electron chi connectivity index (χ2n) is 5.06. The van der Waals surface area contributed by atoms with E-state index >= 15 is 0 Å². The van der Waals surface area contributed by atoms with Crippen LogP contribution in [0, 0.1) is 5.82 Å². The first-order valence-corrected chi connectivity index (χ1v) is 8.88. The van der Waals surface area contributed by atoms with E-state index in [0.29, 0.717) is 0 Å². The Bertz CT molecular complexity index is 1130. The van der Waals surface area contributed by atoms with Gasteiger partial charge in [0.05, 0.1) is 9.13 Å². The smallest absolute Gasteiger partial charge is 0.313 e. The minimum Gasteiger partial charge on any atom is -0.460 e. The van der Waals surface area contributed by atoms with E-state index in [1.165, 1.54) is 36.4 Å². The highest BCUT2D eigenvalue weighted by Crippen LogP contribution is 2.35. The van der Waals surface area contributed by atoms with Crippen molar-refractivity contribution >= 4 is 27.5 Å². The van der Waals surface area contributed by atoms with Gasteiger partial charge in [0.25, 0.3) is 0 Å². The number of hydrogen-bond donors (Lipinski definition) is 1. The Kier molecular flexibility index (Phi) is 3.91. The Morgan fingerprint density at radius 1 is 1.27 bits per heavy atom. The van der Waals surface area contributed by atoms with Crippen molar-refractivity contribution in [2.45, 2.75) is 11.8 Å². The van der Waals surface area contributed by atoms with Gasteiger partial charge >= 0.3 is 10.1 Å². The Balaban J connectivity index is 1.97. The van der Waals surface area contributed by atoms with Crippen LogP contribution in [0.5, 0.6) is 0 Å². The second-order valence-corrected chi connectivity index (χ2v) is 6.75. The Morgan fingerprint density at radius 3 is 2.65 bits per heavy atom. The van der Waals surface area contributed by atoms with Gasteiger partial charge in [0.15, 0.2) is 6.08 Å². The molecular formula is C17H13ClFNO5S. The summed E-state index contributed by atoms with van der Waals surface area (Å²) in [6.45, 7) is 0. The van der Waals surface area contributed by atoms with Crippen LogP contribution in [0.4, 0.5) is 4.39 Å². The van der Waals surface area contributed by atoms with Crippen LogP contribution in [0.3, 0.4) is 0 Å². The van der Waals surface area contributed by atoms with E-state index in [9.17, 15) is 17.6 Å². The highest BCUT2D eigenvalue weighted by atomic mass is 35.5. The number of carbonyl (C=O) groups is 1. The summed E-state index contributed by atoms with van der Waals surface area (Å²) in [5, 5.41) is -0.397. The van der Waals surface area contributed by atoms with Crippen LogP contribution >= 0.6 is 11.6 Å². The monoisotopic (exact) mass is 400 g/mol. The molecule has 0 aromatic heterocycles. The molecule has 2 aromatic carbocycles. The summed E-state index contributed by atoms with van der Waals surface area (Å²) >= 11 is 5.66. The fourth-order valence-electron chi connectivity index (χ4n) is 2.13. The lowest BCUT2D eigenvalue weighted by molar-refractivity contribution is -0.123. The lowest BCUT2D eigenvalue weighted by Crippen LogP contribution is -2.17. The molecule has 2 aromatic rings. The van der Waals surface area contributed by atoms with Crippen LogP contribution < -0.4 is 5.73 Å². The average molecular weight is 401 g/mol. The molecule has 0 saturated heterocycles. The summed E-state index contributed by atoms with van der Waals surface area (Å²) in [5.41, 5.74) is 1.58. The molecule has 2 N–H and O–H groups in total. The quantitative estimate of drug-likeness (QED) is 0.775. The van der Waals surface area contributed by atoms with Crippen molar-refractivity contribution in [2.75, 3.05) is 0 Å². The van der Waals surface area contributed by atoms with Crippen LogP contribution in [-0.4, -0.2) is 14.2 Å². The molecule has 1 atom stereocenters. The molecule has 0 aliphatic carbocycles. The lowest BCUT2D eigenvalue weighted by atomic mass is 10.1. The first-order valence-electron chi connectivity index (χ1n) is 8.59. The minimum atomic E-state index is -5.12. The SMILES string of the molecule is [2H]C([2H])(c1ccccc1)S(=O)(=O)OC1=C(N)O[C@@]([2H])(c2cccc(Cl)c2F)C1=O. The van der Waals surface area contributed by atoms with E-state index in [1.54, 1.807) is 6.07 Å². The van der Waals surface area contributed by atoms with E-state index < -0.39 is 55.7 Å². The van der Waals surface area contributed by atoms with Gasteiger partial charge in [-0.3, -0.25) is 4.79 Å². The highest BCUT2D eigenvalue weighted by molar-refractivity contribution is 7.86. The van der Waals surface area contributed by atoms with Crippen LogP contribution in [-0.2, 0) is 29.5 Å². The van der Waals surface area contributed by atoms with Gasteiger partial charge in [-0.05, 0) is 11.6 Å². The van der Waals surface area contributed by atoms with Crippen molar-refractivity contribution in [3.63, 3.8) is 0 Å². The molecule has 0 fully saturated rings. The maximum absolute atomic E-state index is 14.3. The van der Waals surface area contributed by atoms with Gasteiger partial charge in [-0.1, -0.05) is 54.1 Å². The molecule has 9 heteroatoms. The zero-order valence-electron chi connectivity index (χ0n) is 15.9. The topological polar surface area (TPSA) is 95.7 Å². The van der Waals surface area contributed by atoms with Crippen LogP contribution in [0.2, 0.25) is 5.02 Å². The summed E-state index contributed by atoms with van der Waals surface area (Å²) in [5.74, 6) is -4.59. The van der Waals surface area contributed by atoms with Gasteiger partial charge in [-0.15, -0.1) is 0 Å². The highest BCUT2D eigenvalue weighted by Gasteiger charge is 2.41. The lowest BCUT2D eigenvalue weighted by Gasteiger charge is -2.11. The van der Waals surface area contributed by atoms with Crippen molar-refractivity contribution in [3.8, 4) is 0 Å². The minimum absolute atomic E-state index is 0.261. The van der Waals surface area contributed by atoms with Crippen molar-refractivity contribution < 1.29 is 30.6 Å². The molecule has 1 aliphatic rings. The van der Waals surface area contributed by atoms with Gasteiger partial charge in [-0.2, -0.15) is 8.42 Å². The number of halogens is 2. The molecule has 0 unspecified atom stereocenters. The molecule has 6 nitrogen and oxygen atoms in total. The molecule has 0 amide bonds. The largest absolute Gasteiger partial charge is 0.460 e. The summed E-state index contributed by atoms with van der Waals surface area (Å²) in [6, 6.07) is 10.3. The predicted octanol–water partition coefficient (Wildman–Crippen LogP) is 2.79. The third-order valence-corrected chi connectivity index (χ3v) is 4.42. The number of rotatable bonds is 5. The van der Waals surface area contributed by atoms with Crippen LogP contribution in [0.15, 0.2) is 60.2 Å². The second kappa shape index (κ2) is 6.97. The number of carbonyl (C=O) groups excluding carboxylic acids is 1. The Hall–Kier alpha value is -2.58. The Labute approximate surface area is 158 Å². The van der Waals surface area contributed by atoms with Gasteiger partial charge in [-0.25, -0.2) is 4.39 Å². The zero-order valence-corrected chi connectivity index (χ0v) is 14.5. The van der Waals surface area contributed by atoms with Gasteiger partial charge in [0, 0.05) is 5.56 Å². The van der Waals surface area contributed by atoms with Crippen molar-refractivity contribution in [2.24, 2.45) is 5.73 Å². The average Bonchev–Trinajstić information content (AvgIpc) is 2.88. The van der Waals surface area contributed by atoms with E-state index in [2.05, 4.69) is 4.18 Å². The number of ketones is 1. The third-order valence-electron chi connectivity index (χ3n) is 3.25.